The SMILES string of the molecule is O=C(Nc1ccccc1-c1cccc(C(F)(F)F)c1)OCC1CC2CCC(C1)N2. The van der Waals surface area contributed by atoms with Gasteiger partial charge in [-0.3, -0.25) is 5.32 Å². The zero-order chi connectivity index (χ0) is 20.4. The average molecular weight is 404 g/mol. The zero-order valence-corrected chi connectivity index (χ0v) is 15.8. The van der Waals surface area contributed by atoms with Crippen molar-refractivity contribution in [3.05, 3.63) is 54.1 Å². The minimum absolute atomic E-state index is 0.346. The minimum Gasteiger partial charge on any atom is -0.449 e. The lowest BCUT2D eigenvalue weighted by Gasteiger charge is -2.28. The molecule has 7 heteroatoms. The fourth-order valence-electron chi connectivity index (χ4n) is 4.36. The number of carbonyl (C=O) groups is 1. The van der Waals surface area contributed by atoms with Crippen LogP contribution in [0.5, 0.6) is 0 Å². The monoisotopic (exact) mass is 404 g/mol. The Morgan fingerprint density at radius 3 is 2.52 bits per heavy atom. The number of fused-ring (bicyclic) bond motifs is 2. The van der Waals surface area contributed by atoms with Crippen molar-refractivity contribution in [3.8, 4) is 11.1 Å². The van der Waals surface area contributed by atoms with Crippen LogP contribution in [0, 0.1) is 5.92 Å². The number of amides is 1. The number of nitrogens with one attached hydrogen (secondary N) is 2. The molecule has 0 spiro atoms. The van der Waals surface area contributed by atoms with E-state index in [1.165, 1.54) is 18.9 Å². The Balaban J connectivity index is 1.42. The lowest BCUT2D eigenvalue weighted by molar-refractivity contribution is -0.137. The molecule has 4 nitrogen and oxygen atoms in total. The molecule has 2 N–H and O–H groups in total. The highest BCUT2D eigenvalue weighted by atomic mass is 19.4. The van der Waals surface area contributed by atoms with Crippen molar-refractivity contribution < 1.29 is 22.7 Å². The van der Waals surface area contributed by atoms with E-state index in [4.69, 9.17) is 4.74 Å². The van der Waals surface area contributed by atoms with Crippen LogP contribution in [0.15, 0.2) is 48.5 Å². The highest BCUT2D eigenvalue weighted by Crippen LogP contribution is 2.35. The molecule has 2 aromatic carbocycles. The summed E-state index contributed by atoms with van der Waals surface area (Å²) in [4.78, 5) is 12.3. The van der Waals surface area contributed by atoms with E-state index in [1.54, 1.807) is 30.3 Å². The van der Waals surface area contributed by atoms with Crippen molar-refractivity contribution >= 4 is 11.8 Å². The lowest BCUT2D eigenvalue weighted by atomic mass is 9.93. The molecule has 154 valence electrons. The van der Waals surface area contributed by atoms with Gasteiger partial charge in [-0.05, 0) is 55.4 Å². The van der Waals surface area contributed by atoms with E-state index in [2.05, 4.69) is 10.6 Å². The van der Waals surface area contributed by atoms with E-state index in [-0.39, 0.29) is 0 Å². The predicted octanol–water partition coefficient (Wildman–Crippen LogP) is 5.45. The molecule has 2 heterocycles. The van der Waals surface area contributed by atoms with Crippen molar-refractivity contribution in [1.82, 2.24) is 5.32 Å². The van der Waals surface area contributed by atoms with Crippen LogP contribution in [0.1, 0.15) is 31.2 Å². The smallest absolute Gasteiger partial charge is 0.416 e. The van der Waals surface area contributed by atoms with E-state index in [0.29, 0.717) is 41.4 Å². The van der Waals surface area contributed by atoms with Crippen molar-refractivity contribution in [2.45, 2.75) is 43.9 Å². The maximum atomic E-state index is 13.0. The number of halogens is 3. The van der Waals surface area contributed by atoms with Crippen molar-refractivity contribution in [1.29, 1.82) is 0 Å². The fourth-order valence-corrected chi connectivity index (χ4v) is 4.36. The minimum atomic E-state index is -4.43. The van der Waals surface area contributed by atoms with Crippen LogP contribution >= 0.6 is 0 Å². The van der Waals surface area contributed by atoms with Gasteiger partial charge >= 0.3 is 12.3 Å². The maximum Gasteiger partial charge on any atom is 0.416 e. The van der Waals surface area contributed by atoms with Crippen LogP contribution in [0.25, 0.3) is 11.1 Å². The Morgan fingerprint density at radius 1 is 1.07 bits per heavy atom. The molecule has 2 unspecified atom stereocenters. The van der Waals surface area contributed by atoms with Gasteiger partial charge in [-0.15, -0.1) is 0 Å². The first-order chi connectivity index (χ1) is 13.9. The van der Waals surface area contributed by atoms with Crippen LogP contribution in [-0.4, -0.2) is 24.8 Å². The Kier molecular flexibility index (Phi) is 5.50. The summed E-state index contributed by atoms with van der Waals surface area (Å²) in [5, 5.41) is 6.24. The number of hydrogen-bond acceptors (Lipinski definition) is 3. The molecule has 0 aliphatic carbocycles. The van der Waals surface area contributed by atoms with Crippen LogP contribution in [-0.2, 0) is 10.9 Å². The number of anilines is 1. The van der Waals surface area contributed by atoms with E-state index in [9.17, 15) is 18.0 Å². The van der Waals surface area contributed by atoms with Gasteiger partial charge in [0.1, 0.15) is 0 Å². The average Bonchev–Trinajstić information content (AvgIpc) is 3.04. The summed E-state index contributed by atoms with van der Waals surface area (Å²) in [5.74, 6) is 0.346. The van der Waals surface area contributed by atoms with Gasteiger partial charge in [0.05, 0.1) is 17.9 Å². The Hall–Kier alpha value is -2.54. The molecule has 0 aromatic heterocycles. The van der Waals surface area contributed by atoms with Crippen LogP contribution in [0.3, 0.4) is 0 Å². The lowest BCUT2D eigenvalue weighted by Crippen LogP contribution is -2.39. The standard InChI is InChI=1S/C22H23F3N2O2/c23-22(24,25)16-5-3-4-15(12-16)19-6-1-2-7-20(19)27-21(28)29-13-14-10-17-8-9-18(11-14)26-17/h1-7,12,14,17-18,26H,8-11,13H2,(H,27,28). The molecule has 2 bridgehead atoms. The van der Waals surface area contributed by atoms with Crippen molar-refractivity contribution in [2.24, 2.45) is 5.92 Å². The summed E-state index contributed by atoms with van der Waals surface area (Å²) >= 11 is 0. The second-order valence-electron chi connectivity index (χ2n) is 7.82. The number of benzene rings is 2. The first-order valence-electron chi connectivity index (χ1n) is 9.85. The topological polar surface area (TPSA) is 50.4 Å². The summed E-state index contributed by atoms with van der Waals surface area (Å²) in [7, 11) is 0. The van der Waals surface area contributed by atoms with Gasteiger partial charge in [-0.25, -0.2) is 4.79 Å². The summed E-state index contributed by atoms with van der Waals surface area (Å²) in [6.45, 7) is 0.353. The molecule has 29 heavy (non-hydrogen) atoms. The van der Waals surface area contributed by atoms with Gasteiger partial charge in [0.25, 0.3) is 0 Å². The molecule has 2 saturated heterocycles. The molecule has 2 aliphatic rings. The highest BCUT2D eigenvalue weighted by molar-refractivity contribution is 5.91. The molecular formula is C22H23F3N2O2. The predicted molar refractivity (Wildman–Crippen MR) is 105 cm³/mol. The molecular weight excluding hydrogens is 381 g/mol. The Bertz CT molecular complexity index is 872. The highest BCUT2D eigenvalue weighted by Gasteiger charge is 2.34. The maximum absolute atomic E-state index is 13.0. The van der Waals surface area contributed by atoms with Crippen molar-refractivity contribution in [2.75, 3.05) is 11.9 Å². The van der Waals surface area contributed by atoms with Crippen molar-refractivity contribution in [3.63, 3.8) is 0 Å². The number of alkyl halides is 3. The summed E-state index contributed by atoms with van der Waals surface area (Å²) in [5.41, 5.74) is 0.580. The van der Waals surface area contributed by atoms with Gasteiger partial charge in [0.15, 0.2) is 0 Å². The molecule has 2 aromatic rings. The molecule has 1 amide bonds. The van der Waals surface area contributed by atoms with Gasteiger partial charge in [-0.1, -0.05) is 30.3 Å². The molecule has 0 saturated carbocycles. The number of para-hydroxylation sites is 1. The molecule has 2 atom stereocenters. The van der Waals surface area contributed by atoms with E-state index in [0.717, 1.165) is 25.0 Å². The van der Waals surface area contributed by atoms with Gasteiger partial charge in [0, 0.05) is 17.6 Å². The second kappa shape index (κ2) is 8.06. The van der Waals surface area contributed by atoms with Gasteiger partial charge in [0.2, 0.25) is 0 Å². The molecule has 2 fully saturated rings. The van der Waals surface area contributed by atoms with Crippen LogP contribution < -0.4 is 10.6 Å². The number of carbonyl (C=O) groups excluding carboxylic acids is 1. The van der Waals surface area contributed by atoms with Gasteiger partial charge in [-0.2, -0.15) is 13.2 Å². The second-order valence-corrected chi connectivity index (χ2v) is 7.82. The summed E-state index contributed by atoms with van der Waals surface area (Å²) in [6, 6.07) is 12.9. The fraction of sp³-hybridized carbons (Fsp3) is 0.409. The molecule has 4 rings (SSSR count). The quantitative estimate of drug-likeness (QED) is 0.712. The van der Waals surface area contributed by atoms with Crippen LogP contribution in [0.2, 0.25) is 0 Å². The van der Waals surface area contributed by atoms with E-state index >= 15 is 0 Å². The normalized spacial score (nSPS) is 23.6. The third-order valence-electron chi connectivity index (χ3n) is 5.69. The number of ether oxygens (including phenoxy) is 1. The third-order valence-corrected chi connectivity index (χ3v) is 5.69. The summed E-state index contributed by atoms with van der Waals surface area (Å²) < 4.78 is 44.5. The first kappa shape index (κ1) is 19.8. The molecule has 2 aliphatic heterocycles. The largest absolute Gasteiger partial charge is 0.449 e. The number of hydrogen-bond donors (Lipinski definition) is 2. The Morgan fingerprint density at radius 2 is 1.79 bits per heavy atom. The summed E-state index contributed by atoms with van der Waals surface area (Å²) in [6.07, 6.45) is -0.647. The Labute approximate surface area is 167 Å². The third kappa shape index (κ3) is 4.72. The molecule has 0 radical (unpaired) electrons. The number of piperidine rings is 1. The van der Waals surface area contributed by atoms with E-state index < -0.39 is 17.8 Å². The van der Waals surface area contributed by atoms with Crippen LogP contribution in [0.4, 0.5) is 23.7 Å². The van der Waals surface area contributed by atoms with Gasteiger partial charge < -0.3 is 10.1 Å². The zero-order valence-electron chi connectivity index (χ0n) is 15.8. The van der Waals surface area contributed by atoms with E-state index in [1.807, 2.05) is 0 Å². The number of rotatable bonds is 4. The first-order valence-corrected chi connectivity index (χ1v) is 9.85.